The Morgan fingerprint density at radius 3 is 2.72 bits per heavy atom. The third-order valence-electron chi connectivity index (χ3n) is 6.73. The predicted molar refractivity (Wildman–Crippen MR) is 137 cm³/mol. The van der Waals surface area contributed by atoms with Crippen LogP contribution in [0, 0.1) is 6.92 Å². The van der Waals surface area contributed by atoms with Crippen LogP contribution in [-0.2, 0) is 12.6 Å². The molecule has 6 nitrogen and oxygen atoms in total. The highest BCUT2D eigenvalue weighted by atomic mass is 32.1. The highest BCUT2D eigenvalue weighted by Gasteiger charge is 2.30. The molecule has 0 spiro atoms. The highest BCUT2D eigenvalue weighted by molar-refractivity contribution is 7.18. The van der Waals surface area contributed by atoms with Gasteiger partial charge in [-0.25, -0.2) is 0 Å². The molecule has 1 aliphatic carbocycles. The van der Waals surface area contributed by atoms with Gasteiger partial charge in [-0.3, -0.25) is 5.10 Å². The van der Waals surface area contributed by atoms with E-state index in [1.54, 1.807) is 6.07 Å². The Morgan fingerprint density at radius 2 is 1.92 bits per heavy atom. The summed E-state index contributed by atoms with van der Waals surface area (Å²) in [6.07, 6.45) is 1.95. The number of hydrogen-bond donors (Lipinski definition) is 3. The fourth-order valence-corrected chi connectivity index (χ4v) is 5.59. The van der Waals surface area contributed by atoms with Crippen molar-refractivity contribution in [2.24, 2.45) is 0 Å². The van der Waals surface area contributed by atoms with Crippen LogP contribution in [0.1, 0.15) is 48.9 Å². The first kappa shape index (κ1) is 24.7. The molecular formula is C26H29F3N6S. The lowest BCUT2D eigenvalue weighted by molar-refractivity contribution is -0.137. The molecule has 2 aromatic carbocycles. The van der Waals surface area contributed by atoms with Gasteiger partial charge in [-0.1, -0.05) is 48.8 Å². The van der Waals surface area contributed by atoms with Crippen LogP contribution >= 0.6 is 11.3 Å². The third kappa shape index (κ3) is 5.87. The first-order valence-corrected chi connectivity index (χ1v) is 13.1. The Kier molecular flexibility index (Phi) is 7.25. The summed E-state index contributed by atoms with van der Waals surface area (Å²) in [5.74, 6) is 0. The minimum Gasteiger partial charge on any atom is -0.358 e. The minimum atomic E-state index is -4.35. The van der Waals surface area contributed by atoms with Crippen LogP contribution in [0.2, 0.25) is 0 Å². The Morgan fingerprint density at radius 1 is 1.08 bits per heavy atom. The Hall–Kier alpha value is -2.98. The normalized spacial score (nSPS) is 15.9. The van der Waals surface area contributed by atoms with Gasteiger partial charge < -0.3 is 10.6 Å². The van der Waals surface area contributed by atoms with Gasteiger partial charge in [0.1, 0.15) is 5.01 Å². The second-order valence-corrected chi connectivity index (χ2v) is 10.5. The smallest absolute Gasteiger partial charge is 0.358 e. The monoisotopic (exact) mass is 514 g/mol. The lowest BCUT2D eigenvalue weighted by Crippen LogP contribution is -2.44. The molecule has 2 heterocycles. The summed E-state index contributed by atoms with van der Waals surface area (Å²) in [5.41, 5.74) is 2.94. The topological polar surface area (TPSA) is 78.5 Å². The van der Waals surface area contributed by atoms with Crippen molar-refractivity contribution in [1.29, 1.82) is 0 Å². The van der Waals surface area contributed by atoms with Crippen LogP contribution < -0.4 is 10.6 Å². The number of rotatable bonds is 8. The highest BCUT2D eigenvalue weighted by Crippen LogP contribution is 2.31. The molecule has 1 atom stereocenters. The van der Waals surface area contributed by atoms with Crippen molar-refractivity contribution in [2.75, 3.05) is 11.9 Å². The SMILES string of the molecule is Cc1[nH]nc2ccc(-c3nnc(NCC(Cc4cccc(C(F)(F)F)c4)NC4CCCCC4)s3)cc12. The zero-order valence-electron chi connectivity index (χ0n) is 20.0. The molecule has 0 amide bonds. The quantitative estimate of drug-likeness (QED) is 0.255. The van der Waals surface area contributed by atoms with Gasteiger partial charge in [-0.05, 0) is 56.0 Å². The number of H-pyrrole nitrogens is 1. The maximum absolute atomic E-state index is 13.2. The molecule has 1 unspecified atom stereocenters. The summed E-state index contributed by atoms with van der Waals surface area (Å²) in [6.45, 7) is 2.53. The number of alkyl halides is 3. The molecule has 3 N–H and O–H groups in total. The number of halogens is 3. The molecule has 2 aromatic heterocycles. The van der Waals surface area contributed by atoms with Crippen molar-refractivity contribution >= 4 is 27.4 Å². The van der Waals surface area contributed by atoms with Crippen LogP contribution in [0.4, 0.5) is 18.3 Å². The summed E-state index contributed by atoms with van der Waals surface area (Å²) in [6, 6.07) is 12.0. The Labute approximate surface area is 211 Å². The summed E-state index contributed by atoms with van der Waals surface area (Å²) >= 11 is 1.46. The number of aromatic nitrogens is 4. The largest absolute Gasteiger partial charge is 0.416 e. The van der Waals surface area contributed by atoms with Crippen molar-refractivity contribution in [1.82, 2.24) is 25.7 Å². The number of nitrogens with zero attached hydrogens (tertiary/aromatic N) is 3. The summed E-state index contributed by atoms with van der Waals surface area (Å²) in [4.78, 5) is 0. The van der Waals surface area contributed by atoms with Crippen LogP contribution in [0.3, 0.4) is 0 Å². The van der Waals surface area contributed by atoms with Crippen LogP contribution in [0.15, 0.2) is 42.5 Å². The molecule has 190 valence electrons. The van der Waals surface area contributed by atoms with Crippen molar-refractivity contribution in [3.05, 3.63) is 59.3 Å². The fraction of sp³-hybridized carbons (Fsp3) is 0.423. The number of aryl methyl sites for hydroxylation is 1. The number of hydrogen-bond acceptors (Lipinski definition) is 6. The lowest BCUT2D eigenvalue weighted by atomic mass is 9.94. The maximum atomic E-state index is 13.2. The fourth-order valence-electron chi connectivity index (χ4n) is 4.84. The second kappa shape index (κ2) is 10.6. The maximum Gasteiger partial charge on any atom is 0.416 e. The van der Waals surface area contributed by atoms with Gasteiger partial charge in [-0.2, -0.15) is 18.3 Å². The molecule has 0 radical (unpaired) electrons. The van der Waals surface area contributed by atoms with Crippen molar-refractivity contribution in [3.8, 4) is 10.6 Å². The molecule has 1 aliphatic rings. The zero-order chi connectivity index (χ0) is 25.1. The van der Waals surface area contributed by atoms with Gasteiger partial charge in [0.15, 0.2) is 0 Å². The number of aromatic amines is 1. The molecular weight excluding hydrogens is 485 g/mol. The standard InChI is InChI=1S/C26H29F3N6S/c1-16-22-14-18(10-11-23(22)33-32-16)24-34-35-25(36-24)30-15-21(31-20-8-3-2-4-9-20)13-17-6-5-7-19(12-17)26(27,28)29/h5-7,10-12,14,20-21,31H,2-4,8-9,13,15H2,1H3,(H,30,35)(H,32,33). The van der Waals surface area contributed by atoms with Crippen molar-refractivity contribution in [2.45, 2.75) is 63.7 Å². The van der Waals surface area contributed by atoms with E-state index in [-0.39, 0.29) is 6.04 Å². The van der Waals surface area contributed by atoms with Crippen molar-refractivity contribution < 1.29 is 13.2 Å². The van der Waals surface area contributed by atoms with E-state index in [2.05, 4.69) is 37.1 Å². The van der Waals surface area contributed by atoms with Gasteiger partial charge in [0, 0.05) is 35.3 Å². The number of nitrogens with one attached hydrogen (secondary N) is 3. The van der Waals surface area contributed by atoms with Gasteiger partial charge >= 0.3 is 6.18 Å². The Balaban J connectivity index is 1.29. The first-order chi connectivity index (χ1) is 17.3. The molecule has 1 fully saturated rings. The van der Waals surface area contributed by atoms with Gasteiger partial charge in [0.2, 0.25) is 5.13 Å². The predicted octanol–water partition coefficient (Wildman–Crippen LogP) is 6.35. The molecule has 4 aromatic rings. The number of benzene rings is 2. The average Bonchev–Trinajstić information content (AvgIpc) is 3.49. The van der Waals surface area contributed by atoms with E-state index in [1.165, 1.54) is 42.7 Å². The van der Waals surface area contributed by atoms with Gasteiger partial charge in [0.25, 0.3) is 0 Å². The number of anilines is 1. The van der Waals surface area contributed by atoms with E-state index in [0.29, 0.717) is 29.7 Å². The molecule has 5 rings (SSSR count). The van der Waals surface area contributed by atoms with E-state index in [1.807, 2.05) is 19.1 Å². The van der Waals surface area contributed by atoms with E-state index < -0.39 is 11.7 Å². The Bertz CT molecular complexity index is 1310. The van der Waals surface area contributed by atoms with Crippen molar-refractivity contribution in [3.63, 3.8) is 0 Å². The van der Waals surface area contributed by atoms with E-state index >= 15 is 0 Å². The average molecular weight is 515 g/mol. The lowest BCUT2D eigenvalue weighted by Gasteiger charge is -2.29. The molecule has 1 saturated carbocycles. The molecule has 36 heavy (non-hydrogen) atoms. The zero-order valence-corrected chi connectivity index (χ0v) is 20.8. The van der Waals surface area contributed by atoms with Crippen LogP contribution in [0.25, 0.3) is 21.5 Å². The summed E-state index contributed by atoms with van der Waals surface area (Å²) in [7, 11) is 0. The van der Waals surface area contributed by atoms with E-state index in [4.69, 9.17) is 0 Å². The first-order valence-electron chi connectivity index (χ1n) is 12.3. The van der Waals surface area contributed by atoms with E-state index in [0.717, 1.165) is 46.1 Å². The second-order valence-electron chi connectivity index (χ2n) is 9.47. The van der Waals surface area contributed by atoms with Crippen LogP contribution in [-0.4, -0.2) is 39.0 Å². The van der Waals surface area contributed by atoms with Gasteiger partial charge in [0.05, 0.1) is 11.1 Å². The number of fused-ring (bicyclic) bond motifs is 1. The summed E-state index contributed by atoms with van der Waals surface area (Å²) < 4.78 is 39.7. The molecule has 0 aliphatic heterocycles. The van der Waals surface area contributed by atoms with Crippen LogP contribution in [0.5, 0.6) is 0 Å². The van der Waals surface area contributed by atoms with Gasteiger partial charge in [-0.15, -0.1) is 10.2 Å². The minimum absolute atomic E-state index is 0.0335. The third-order valence-corrected chi connectivity index (χ3v) is 7.66. The molecule has 10 heteroatoms. The summed E-state index contributed by atoms with van der Waals surface area (Å²) in [5, 5.41) is 25.5. The molecule has 0 saturated heterocycles. The van der Waals surface area contributed by atoms with E-state index in [9.17, 15) is 13.2 Å². The molecule has 0 bridgehead atoms.